The molecular formula is C16H14ClN3O2. The molecule has 22 heavy (non-hydrogen) atoms. The number of rotatable bonds is 3. The van der Waals surface area contributed by atoms with Crippen molar-refractivity contribution in [3.05, 3.63) is 46.6 Å². The number of nitrogens with one attached hydrogen (secondary N) is 1. The summed E-state index contributed by atoms with van der Waals surface area (Å²) in [5.74, 6) is 1.98. The van der Waals surface area contributed by atoms with Gasteiger partial charge >= 0.3 is 0 Å². The summed E-state index contributed by atoms with van der Waals surface area (Å²) >= 11 is 6.26. The number of pyridine rings is 1. The van der Waals surface area contributed by atoms with Crippen molar-refractivity contribution in [2.75, 3.05) is 18.5 Å². The van der Waals surface area contributed by atoms with Crippen molar-refractivity contribution in [1.82, 2.24) is 4.98 Å². The number of nitrogens with zero attached hydrogens (tertiary/aromatic N) is 2. The van der Waals surface area contributed by atoms with Crippen LogP contribution in [0.15, 0.2) is 30.5 Å². The van der Waals surface area contributed by atoms with E-state index in [2.05, 4.69) is 10.3 Å². The van der Waals surface area contributed by atoms with Crippen molar-refractivity contribution in [1.29, 1.82) is 5.26 Å². The monoisotopic (exact) mass is 315 g/mol. The van der Waals surface area contributed by atoms with Gasteiger partial charge in [-0.3, -0.25) is 0 Å². The summed E-state index contributed by atoms with van der Waals surface area (Å²) in [5.41, 5.74) is 1.50. The topological polar surface area (TPSA) is 67.2 Å². The highest BCUT2D eigenvalue weighted by atomic mass is 35.5. The molecule has 0 unspecified atom stereocenters. The Balaban J connectivity index is 1.73. The quantitative estimate of drug-likeness (QED) is 0.940. The van der Waals surface area contributed by atoms with E-state index in [0.29, 0.717) is 47.7 Å². The number of anilines is 1. The number of ether oxygens (including phenoxy) is 2. The number of halogens is 1. The highest BCUT2D eigenvalue weighted by molar-refractivity contribution is 6.32. The van der Waals surface area contributed by atoms with Crippen molar-refractivity contribution in [3.63, 3.8) is 0 Å². The Morgan fingerprint density at radius 2 is 2.14 bits per heavy atom. The third-order valence-corrected chi connectivity index (χ3v) is 3.51. The fraction of sp³-hybridized carbons (Fsp3) is 0.250. The molecule has 0 radical (unpaired) electrons. The predicted octanol–water partition coefficient (Wildman–Crippen LogP) is 3.38. The Kier molecular flexibility index (Phi) is 4.31. The van der Waals surface area contributed by atoms with Crippen LogP contribution in [0, 0.1) is 11.3 Å². The Hall–Kier alpha value is -2.45. The molecule has 0 aliphatic carbocycles. The zero-order chi connectivity index (χ0) is 15.4. The molecule has 0 saturated carbocycles. The second kappa shape index (κ2) is 6.54. The maximum absolute atomic E-state index is 8.75. The van der Waals surface area contributed by atoms with Crippen LogP contribution in [0.1, 0.15) is 17.5 Å². The van der Waals surface area contributed by atoms with E-state index in [9.17, 15) is 0 Å². The molecule has 0 atom stereocenters. The van der Waals surface area contributed by atoms with Crippen LogP contribution in [0.25, 0.3) is 0 Å². The average molecular weight is 316 g/mol. The molecule has 5 nitrogen and oxygen atoms in total. The van der Waals surface area contributed by atoms with Gasteiger partial charge in [0.2, 0.25) is 0 Å². The fourth-order valence-electron chi connectivity index (χ4n) is 2.14. The predicted molar refractivity (Wildman–Crippen MR) is 83.3 cm³/mol. The molecule has 1 aromatic carbocycles. The van der Waals surface area contributed by atoms with Crippen molar-refractivity contribution >= 4 is 17.4 Å². The van der Waals surface area contributed by atoms with Gasteiger partial charge < -0.3 is 14.8 Å². The van der Waals surface area contributed by atoms with E-state index in [4.69, 9.17) is 26.3 Å². The third kappa shape index (κ3) is 3.23. The van der Waals surface area contributed by atoms with Gasteiger partial charge in [-0.2, -0.15) is 5.26 Å². The summed E-state index contributed by atoms with van der Waals surface area (Å²) in [6.07, 6.45) is 2.37. The van der Waals surface area contributed by atoms with Crippen LogP contribution in [-0.2, 0) is 6.54 Å². The first-order valence-electron chi connectivity index (χ1n) is 6.94. The number of hydrogen-bond acceptors (Lipinski definition) is 5. The number of nitriles is 1. The maximum Gasteiger partial charge on any atom is 0.179 e. The fourth-order valence-corrected chi connectivity index (χ4v) is 2.43. The van der Waals surface area contributed by atoms with Crippen LogP contribution >= 0.6 is 11.6 Å². The Bertz CT molecular complexity index is 711. The maximum atomic E-state index is 8.75. The molecule has 0 amide bonds. The van der Waals surface area contributed by atoms with Crippen molar-refractivity contribution in [3.8, 4) is 17.6 Å². The van der Waals surface area contributed by atoms with E-state index in [1.54, 1.807) is 12.1 Å². The lowest BCUT2D eigenvalue weighted by molar-refractivity contribution is 0.297. The van der Waals surface area contributed by atoms with Crippen LogP contribution in [-0.4, -0.2) is 18.2 Å². The normalized spacial score (nSPS) is 13.1. The molecule has 3 rings (SSSR count). The van der Waals surface area contributed by atoms with Crippen LogP contribution in [0.5, 0.6) is 11.5 Å². The number of fused-ring (bicyclic) bond motifs is 1. The summed E-state index contributed by atoms with van der Waals surface area (Å²) in [6.45, 7) is 1.78. The van der Waals surface area contributed by atoms with Gasteiger partial charge in [0, 0.05) is 19.2 Å². The summed E-state index contributed by atoms with van der Waals surface area (Å²) in [4.78, 5) is 4.17. The number of hydrogen-bond donors (Lipinski definition) is 1. The molecule has 0 bridgehead atoms. The van der Waals surface area contributed by atoms with Crippen molar-refractivity contribution < 1.29 is 9.47 Å². The Morgan fingerprint density at radius 1 is 1.27 bits per heavy atom. The minimum atomic E-state index is 0.532. The van der Waals surface area contributed by atoms with E-state index in [-0.39, 0.29) is 0 Å². The average Bonchev–Trinajstić information content (AvgIpc) is 2.79. The molecule has 6 heteroatoms. The van der Waals surface area contributed by atoms with Gasteiger partial charge in [-0.05, 0) is 29.8 Å². The highest BCUT2D eigenvalue weighted by Gasteiger charge is 2.15. The second-order valence-electron chi connectivity index (χ2n) is 4.85. The zero-order valence-corrected chi connectivity index (χ0v) is 12.6. The second-order valence-corrected chi connectivity index (χ2v) is 5.26. The summed E-state index contributed by atoms with van der Waals surface area (Å²) < 4.78 is 11.3. The first kappa shape index (κ1) is 14.5. The first-order valence-corrected chi connectivity index (χ1v) is 7.32. The third-order valence-electron chi connectivity index (χ3n) is 3.23. The number of benzene rings is 1. The van der Waals surface area contributed by atoms with Crippen LogP contribution in [0.3, 0.4) is 0 Å². The Morgan fingerprint density at radius 3 is 2.91 bits per heavy atom. The van der Waals surface area contributed by atoms with Gasteiger partial charge in [-0.25, -0.2) is 4.98 Å². The molecular weight excluding hydrogens is 302 g/mol. The first-order chi connectivity index (χ1) is 10.8. The summed E-state index contributed by atoms with van der Waals surface area (Å²) in [6, 6.07) is 9.30. The van der Waals surface area contributed by atoms with Crippen molar-refractivity contribution in [2.24, 2.45) is 0 Å². The molecule has 1 aliphatic rings. The minimum absolute atomic E-state index is 0.532. The van der Waals surface area contributed by atoms with Gasteiger partial charge in [-0.1, -0.05) is 11.6 Å². The largest absolute Gasteiger partial charge is 0.489 e. The number of aromatic nitrogens is 1. The molecule has 2 heterocycles. The summed E-state index contributed by atoms with van der Waals surface area (Å²) in [7, 11) is 0. The van der Waals surface area contributed by atoms with Gasteiger partial charge in [0.1, 0.15) is 11.9 Å². The zero-order valence-electron chi connectivity index (χ0n) is 11.8. The molecule has 0 saturated heterocycles. The smallest absolute Gasteiger partial charge is 0.179 e. The van der Waals surface area contributed by atoms with Gasteiger partial charge in [0.05, 0.1) is 23.8 Å². The molecule has 2 aromatic rings. The molecule has 1 aromatic heterocycles. The van der Waals surface area contributed by atoms with Gasteiger partial charge in [-0.15, -0.1) is 0 Å². The lowest BCUT2D eigenvalue weighted by Crippen LogP contribution is -2.02. The van der Waals surface area contributed by atoms with E-state index in [1.807, 2.05) is 18.2 Å². The molecule has 1 N–H and O–H groups in total. The molecule has 1 aliphatic heterocycles. The van der Waals surface area contributed by atoms with E-state index in [1.165, 1.54) is 6.20 Å². The van der Waals surface area contributed by atoms with Gasteiger partial charge in [0.15, 0.2) is 11.5 Å². The van der Waals surface area contributed by atoms with E-state index in [0.717, 1.165) is 12.0 Å². The van der Waals surface area contributed by atoms with E-state index >= 15 is 0 Å². The lowest BCUT2D eigenvalue weighted by atomic mass is 10.2. The standard InChI is InChI=1S/C16H14ClN3O2/c17-13-6-12(7-14-16(13)22-5-1-4-21-14)10-20-15-3-2-11(8-18)9-19-15/h2-3,6-7,9H,1,4-5,10H2,(H,19,20). The Labute approximate surface area is 133 Å². The SMILES string of the molecule is N#Cc1ccc(NCc2cc(Cl)c3c(c2)OCCCO3)nc1. The van der Waals surface area contributed by atoms with Crippen LogP contribution < -0.4 is 14.8 Å². The molecule has 0 fully saturated rings. The molecule has 112 valence electrons. The van der Waals surface area contributed by atoms with Gasteiger partial charge in [0.25, 0.3) is 0 Å². The van der Waals surface area contributed by atoms with E-state index < -0.39 is 0 Å². The highest BCUT2D eigenvalue weighted by Crippen LogP contribution is 2.38. The van der Waals surface area contributed by atoms with Crippen molar-refractivity contribution in [2.45, 2.75) is 13.0 Å². The molecule has 0 spiro atoms. The summed E-state index contributed by atoms with van der Waals surface area (Å²) in [5, 5.41) is 12.5. The van der Waals surface area contributed by atoms with Crippen LogP contribution in [0.4, 0.5) is 5.82 Å². The lowest BCUT2D eigenvalue weighted by Gasteiger charge is -2.12. The minimum Gasteiger partial charge on any atom is -0.489 e. The van der Waals surface area contributed by atoms with Crippen LogP contribution in [0.2, 0.25) is 5.02 Å².